The van der Waals surface area contributed by atoms with E-state index in [9.17, 15) is 49.3 Å². The fourth-order valence-electron chi connectivity index (χ4n) is 5.54. The second kappa shape index (κ2) is 19.5. The standard InChI is InChI=1S/C42H36N6O12/c1-58-36-30(18-16-28(34(36)50)40(54)47-31-19-17-29(42(56)57)35(51)37(31)59-2)46-38(52)23-10-14-26(15-11-23)45-41(55)32(20-21-43)48-39(53)24-8-12-25(13-9-24)44-33(49)22-60-27-6-4-3-5-7-27/h3-19,32,50-51H,20,22H2,1-2H3,(H,44,49)(H,45,55)(H,46,52)(H,47,54)(H,48,53)(H,56,57). The first-order valence-electron chi connectivity index (χ1n) is 17.7. The molecule has 1 unspecified atom stereocenters. The summed E-state index contributed by atoms with van der Waals surface area (Å²) in [6, 6.07) is 25.6. The third kappa shape index (κ3) is 10.4. The molecule has 8 N–H and O–H groups in total. The van der Waals surface area contributed by atoms with Crippen molar-refractivity contribution in [3.63, 3.8) is 0 Å². The molecule has 5 amide bonds. The molecule has 0 aromatic heterocycles. The molecular formula is C42H36N6O12. The number of carbonyl (C=O) groups excluding carboxylic acids is 5. The van der Waals surface area contributed by atoms with E-state index in [1.54, 1.807) is 24.3 Å². The number of nitrogens with one attached hydrogen (secondary N) is 5. The van der Waals surface area contributed by atoms with E-state index < -0.39 is 58.6 Å². The molecule has 1 atom stereocenters. The number of nitrogens with zero attached hydrogens (tertiary/aromatic N) is 1. The topological polar surface area (TPSA) is 275 Å². The molecule has 18 nitrogen and oxygen atoms in total. The largest absolute Gasteiger partial charge is 0.504 e. The molecule has 0 aliphatic carbocycles. The zero-order valence-electron chi connectivity index (χ0n) is 31.8. The van der Waals surface area contributed by atoms with Crippen LogP contribution in [0, 0.1) is 11.3 Å². The first-order valence-corrected chi connectivity index (χ1v) is 17.7. The lowest BCUT2D eigenvalue weighted by Crippen LogP contribution is -2.43. The number of methoxy groups -OCH3 is 2. The van der Waals surface area contributed by atoms with E-state index in [0.29, 0.717) is 11.4 Å². The molecule has 0 heterocycles. The van der Waals surface area contributed by atoms with Crippen molar-refractivity contribution in [3.8, 4) is 34.8 Å². The molecule has 306 valence electrons. The van der Waals surface area contributed by atoms with Gasteiger partial charge in [0, 0.05) is 22.5 Å². The van der Waals surface area contributed by atoms with E-state index >= 15 is 0 Å². The smallest absolute Gasteiger partial charge is 0.339 e. The minimum Gasteiger partial charge on any atom is -0.504 e. The van der Waals surface area contributed by atoms with E-state index in [0.717, 1.165) is 13.2 Å². The van der Waals surface area contributed by atoms with Crippen LogP contribution in [0.15, 0.2) is 103 Å². The molecule has 5 aromatic rings. The average Bonchev–Trinajstić information content (AvgIpc) is 3.23. The Labute approximate surface area is 341 Å². The molecule has 0 radical (unpaired) electrons. The number of carboxylic acid groups (broad SMARTS) is 1. The Morgan fingerprint density at radius 1 is 0.633 bits per heavy atom. The van der Waals surface area contributed by atoms with Crippen LogP contribution in [-0.2, 0) is 9.59 Å². The van der Waals surface area contributed by atoms with Crippen LogP contribution < -0.4 is 40.8 Å². The van der Waals surface area contributed by atoms with Crippen molar-refractivity contribution >= 4 is 58.3 Å². The zero-order valence-corrected chi connectivity index (χ0v) is 31.8. The number of hydrogen-bond donors (Lipinski definition) is 8. The number of phenolic OH excluding ortho intramolecular Hbond substituents is 1. The molecule has 0 saturated heterocycles. The highest BCUT2D eigenvalue weighted by Gasteiger charge is 2.25. The minimum absolute atomic E-state index is 0.0159. The predicted molar refractivity (Wildman–Crippen MR) is 216 cm³/mol. The number of para-hydroxylation sites is 1. The van der Waals surface area contributed by atoms with Gasteiger partial charge in [-0.3, -0.25) is 24.0 Å². The summed E-state index contributed by atoms with van der Waals surface area (Å²) in [6.45, 7) is -0.227. The van der Waals surface area contributed by atoms with Crippen LogP contribution in [0.25, 0.3) is 0 Å². The minimum atomic E-state index is -1.42. The SMILES string of the molecule is COc1c(NC(=O)c2ccc(NC(=O)c3ccc(NC(=O)C(CC#N)NC(=O)c4ccc(NC(=O)COc5ccccc5)cc4)cc3)c(OC)c2O)ccc(C(=O)O)c1O. The Balaban J connectivity index is 1.17. The normalized spacial score (nSPS) is 10.8. The molecule has 60 heavy (non-hydrogen) atoms. The van der Waals surface area contributed by atoms with Crippen molar-refractivity contribution in [2.45, 2.75) is 12.5 Å². The number of hydrogen-bond acceptors (Lipinski definition) is 12. The summed E-state index contributed by atoms with van der Waals surface area (Å²) >= 11 is 0. The zero-order chi connectivity index (χ0) is 43.3. The Morgan fingerprint density at radius 2 is 1.15 bits per heavy atom. The number of anilines is 4. The van der Waals surface area contributed by atoms with Gasteiger partial charge in [-0.1, -0.05) is 18.2 Å². The number of phenols is 2. The molecule has 0 saturated carbocycles. The van der Waals surface area contributed by atoms with Crippen molar-refractivity contribution in [1.29, 1.82) is 5.26 Å². The lowest BCUT2D eigenvalue weighted by molar-refractivity contribution is -0.118. The van der Waals surface area contributed by atoms with Crippen LogP contribution in [0.5, 0.6) is 28.7 Å². The van der Waals surface area contributed by atoms with Gasteiger partial charge < -0.3 is 56.1 Å². The number of carboxylic acids is 1. The van der Waals surface area contributed by atoms with Crippen LogP contribution in [0.1, 0.15) is 47.9 Å². The van der Waals surface area contributed by atoms with Crippen molar-refractivity contribution < 1.29 is 58.3 Å². The second-order valence-electron chi connectivity index (χ2n) is 12.5. The Bertz CT molecular complexity index is 2470. The first-order chi connectivity index (χ1) is 28.8. The summed E-state index contributed by atoms with van der Waals surface area (Å²) in [5.74, 6) is -6.18. The third-order valence-electron chi connectivity index (χ3n) is 8.52. The number of ether oxygens (including phenoxy) is 3. The molecule has 0 spiro atoms. The van der Waals surface area contributed by atoms with E-state index in [4.69, 9.17) is 14.2 Å². The fraction of sp³-hybridized carbons (Fsp3) is 0.119. The third-order valence-corrected chi connectivity index (χ3v) is 8.52. The maximum atomic E-state index is 13.2. The quantitative estimate of drug-likeness (QED) is 0.0653. The van der Waals surface area contributed by atoms with Gasteiger partial charge in [0.2, 0.25) is 5.91 Å². The number of benzene rings is 5. The van der Waals surface area contributed by atoms with Gasteiger partial charge in [-0.05, 0) is 84.9 Å². The first kappa shape index (κ1) is 42.6. The van der Waals surface area contributed by atoms with Gasteiger partial charge in [0.05, 0.1) is 43.6 Å². The Hall–Kier alpha value is -8.59. The van der Waals surface area contributed by atoms with Gasteiger partial charge in [0.1, 0.15) is 17.4 Å². The number of aromatic hydroxyl groups is 2. The molecular weight excluding hydrogens is 780 g/mol. The molecule has 0 aliphatic rings. The summed E-state index contributed by atoms with van der Waals surface area (Å²) in [4.78, 5) is 76.0. The van der Waals surface area contributed by atoms with Crippen LogP contribution in [-0.4, -0.2) is 77.7 Å². The number of amides is 5. The van der Waals surface area contributed by atoms with Gasteiger partial charge in [-0.2, -0.15) is 5.26 Å². The highest BCUT2D eigenvalue weighted by atomic mass is 16.5. The van der Waals surface area contributed by atoms with Gasteiger partial charge >= 0.3 is 5.97 Å². The van der Waals surface area contributed by atoms with Crippen LogP contribution in [0.4, 0.5) is 22.7 Å². The van der Waals surface area contributed by atoms with E-state index in [1.807, 2.05) is 12.1 Å². The van der Waals surface area contributed by atoms with E-state index in [2.05, 4.69) is 26.6 Å². The molecule has 0 bridgehead atoms. The van der Waals surface area contributed by atoms with Crippen LogP contribution in [0.3, 0.4) is 0 Å². The number of aromatic carboxylic acids is 1. The summed E-state index contributed by atoms with van der Waals surface area (Å²) in [7, 11) is 2.35. The average molecular weight is 817 g/mol. The molecule has 0 aliphatic heterocycles. The predicted octanol–water partition coefficient (Wildman–Crippen LogP) is 4.99. The van der Waals surface area contributed by atoms with E-state index in [-0.39, 0.29) is 58.3 Å². The van der Waals surface area contributed by atoms with Crippen molar-refractivity contribution in [2.75, 3.05) is 42.1 Å². The fourth-order valence-corrected chi connectivity index (χ4v) is 5.54. The molecule has 0 fully saturated rings. The highest BCUT2D eigenvalue weighted by Crippen LogP contribution is 2.40. The lowest BCUT2D eigenvalue weighted by Gasteiger charge is -2.17. The van der Waals surface area contributed by atoms with Gasteiger partial charge in [0.25, 0.3) is 23.6 Å². The Kier molecular flexibility index (Phi) is 13.8. The maximum Gasteiger partial charge on any atom is 0.339 e. The summed E-state index contributed by atoms with van der Waals surface area (Å²) in [5.41, 5.74) is 0.0349. The summed E-state index contributed by atoms with van der Waals surface area (Å²) in [5, 5.41) is 52.5. The lowest BCUT2D eigenvalue weighted by atomic mass is 10.1. The molecule has 18 heteroatoms. The number of nitriles is 1. The highest BCUT2D eigenvalue weighted by molar-refractivity contribution is 6.10. The summed E-state index contributed by atoms with van der Waals surface area (Å²) < 4.78 is 15.7. The van der Waals surface area contributed by atoms with Crippen LogP contribution in [0.2, 0.25) is 0 Å². The summed E-state index contributed by atoms with van der Waals surface area (Å²) in [6.07, 6.45) is -0.361. The molecule has 5 aromatic carbocycles. The van der Waals surface area contributed by atoms with Crippen molar-refractivity contribution in [1.82, 2.24) is 5.32 Å². The monoisotopic (exact) mass is 816 g/mol. The second-order valence-corrected chi connectivity index (χ2v) is 12.5. The Morgan fingerprint density at radius 3 is 1.70 bits per heavy atom. The van der Waals surface area contributed by atoms with Crippen molar-refractivity contribution in [2.24, 2.45) is 0 Å². The van der Waals surface area contributed by atoms with Gasteiger partial charge in [0.15, 0.2) is 29.6 Å². The van der Waals surface area contributed by atoms with Gasteiger partial charge in [-0.25, -0.2) is 4.79 Å². The molecule has 5 rings (SSSR count). The van der Waals surface area contributed by atoms with Crippen LogP contribution >= 0.6 is 0 Å². The van der Waals surface area contributed by atoms with Gasteiger partial charge in [-0.15, -0.1) is 0 Å². The number of rotatable bonds is 16. The number of carbonyl (C=O) groups is 6. The maximum absolute atomic E-state index is 13.2. The van der Waals surface area contributed by atoms with Crippen molar-refractivity contribution in [3.05, 3.63) is 125 Å². The van der Waals surface area contributed by atoms with E-state index in [1.165, 1.54) is 73.8 Å².